The van der Waals surface area contributed by atoms with Gasteiger partial charge in [0.05, 0.1) is 5.56 Å². The Morgan fingerprint density at radius 3 is 2.15 bits per heavy atom. The Kier molecular flexibility index (Phi) is 6.63. The molecule has 0 fully saturated rings. The highest BCUT2D eigenvalue weighted by molar-refractivity contribution is 5.89. The SMILES string of the molecule is Cc1ccc(C(=O)O)c(C)c1.Cl.Cl. The zero-order valence-electron chi connectivity index (χ0n) is 7.40. The molecular formula is C9H12Cl2O2. The average Bonchev–Trinajstić information content (AvgIpc) is 1.85. The lowest BCUT2D eigenvalue weighted by atomic mass is 10.1. The highest BCUT2D eigenvalue weighted by Crippen LogP contribution is 2.09. The molecule has 0 radical (unpaired) electrons. The molecular weight excluding hydrogens is 211 g/mol. The highest BCUT2D eigenvalue weighted by atomic mass is 35.5. The lowest BCUT2D eigenvalue weighted by molar-refractivity contribution is 0.0696. The van der Waals surface area contributed by atoms with Crippen LogP contribution in [-0.2, 0) is 0 Å². The van der Waals surface area contributed by atoms with E-state index >= 15 is 0 Å². The second kappa shape index (κ2) is 5.84. The number of hydrogen-bond donors (Lipinski definition) is 1. The van der Waals surface area contributed by atoms with Crippen LogP contribution < -0.4 is 0 Å². The molecule has 74 valence electrons. The molecule has 0 amide bonds. The third-order valence-electron chi connectivity index (χ3n) is 1.61. The normalized spacial score (nSPS) is 8.15. The van der Waals surface area contributed by atoms with Crippen LogP contribution in [0.3, 0.4) is 0 Å². The van der Waals surface area contributed by atoms with Crippen LogP contribution in [0.1, 0.15) is 21.5 Å². The van der Waals surface area contributed by atoms with Crippen molar-refractivity contribution < 1.29 is 9.90 Å². The molecule has 0 aliphatic rings. The number of carboxylic acid groups (broad SMARTS) is 1. The van der Waals surface area contributed by atoms with E-state index in [9.17, 15) is 4.79 Å². The summed E-state index contributed by atoms with van der Waals surface area (Å²) in [5.41, 5.74) is 2.29. The monoisotopic (exact) mass is 222 g/mol. The van der Waals surface area contributed by atoms with Crippen LogP contribution in [0, 0.1) is 13.8 Å². The first-order chi connectivity index (χ1) is 5.11. The van der Waals surface area contributed by atoms with Gasteiger partial charge >= 0.3 is 5.97 Å². The first kappa shape index (κ1) is 14.8. The predicted octanol–water partition coefficient (Wildman–Crippen LogP) is 2.85. The molecule has 1 rings (SSSR count). The van der Waals surface area contributed by atoms with E-state index in [1.807, 2.05) is 13.0 Å². The van der Waals surface area contributed by atoms with Gasteiger partial charge < -0.3 is 5.11 Å². The summed E-state index contributed by atoms with van der Waals surface area (Å²) in [5, 5.41) is 8.66. The molecule has 1 aromatic carbocycles. The Labute approximate surface area is 89.8 Å². The molecule has 0 saturated carbocycles. The van der Waals surface area contributed by atoms with Gasteiger partial charge in [-0.05, 0) is 25.5 Å². The lowest BCUT2D eigenvalue weighted by Crippen LogP contribution is -1.99. The van der Waals surface area contributed by atoms with Crippen molar-refractivity contribution in [2.24, 2.45) is 0 Å². The van der Waals surface area contributed by atoms with Gasteiger partial charge in [-0.25, -0.2) is 4.79 Å². The van der Waals surface area contributed by atoms with Crippen LogP contribution >= 0.6 is 24.8 Å². The fourth-order valence-corrected chi connectivity index (χ4v) is 1.05. The van der Waals surface area contributed by atoms with E-state index in [0.717, 1.165) is 11.1 Å². The van der Waals surface area contributed by atoms with E-state index in [0.29, 0.717) is 5.56 Å². The van der Waals surface area contributed by atoms with Gasteiger partial charge in [0, 0.05) is 0 Å². The summed E-state index contributed by atoms with van der Waals surface area (Å²) in [7, 11) is 0. The zero-order valence-corrected chi connectivity index (χ0v) is 9.04. The maximum Gasteiger partial charge on any atom is 0.335 e. The summed E-state index contributed by atoms with van der Waals surface area (Å²) in [6.07, 6.45) is 0. The smallest absolute Gasteiger partial charge is 0.335 e. The summed E-state index contributed by atoms with van der Waals surface area (Å²) >= 11 is 0. The van der Waals surface area contributed by atoms with Crippen molar-refractivity contribution in [1.82, 2.24) is 0 Å². The van der Waals surface area contributed by atoms with Crippen LogP contribution in [-0.4, -0.2) is 11.1 Å². The van der Waals surface area contributed by atoms with Crippen LogP contribution in [0.4, 0.5) is 0 Å². The van der Waals surface area contributed by atoms with Gasteiger partial charge in [0.2, 0.25) is 0 Å². The molecule has 13 heavy (non-hydrogen) atoms. The largest absolute Gasteiger partial charge is 0.478 e. The number of aromatic carboxylic acids is 1. The summed E-state index contributed by atoms with van der Waals surface area (Å²) in [4.78, 5) is 10.5. The van der Waals surface area contributed by atoms with E-state index < -0.39 is 5.97 Å². The zero-order chi connectivity index (χ0) is 8.43. The fourth-order valence-electron chi connectivity index (χ4n) is 1.05. The van der Waals surface area contributed by atoms with Gasteiger partial charge in [-0.3, -0.25) is 0 Å². The number of hydrogen-bond acceptors (Lipinski definition) is 1. The Balaban J connectivity index is 0. The summed E-state index contributed by atoms with van der Waals surface area (Å²) in [6, 6.07) is 5.30. The third-order valence-corrected chi connectivity index (χ3v) is 1.61. The standard InChI is InChI=1S/C9H10O2.2ClH/c1-6-3-4-8(9(10)11)7(2)5-6;;/h3-5H,1-2H3,(H,10,11);2*1H. The first-order valence-corrected chi connectivity index (χ1v) is 3.42. The number of halogens is 2. The maximum absolute atomic E-state index is 10.5. The topological polar surface area (TPSA) is 37.3 Å². The molecule has 0 aliphatic carbocycles. The molecule has 0 unspecified atom stereocenters. The molecule has 0 aliphatic heterocycles. The Morgan fingerprint density at radius 2 is 1.77 bits per heavy atom. The van der Waals surface area contributed by atoms with Crippen molar-refractivity contribution >= 4 is 30.8 Å². The molecule has 0 saturated heterocycles. The number of carbonyl (C=O) groups is 1. The number of rotatable bonds is 1. The molecule has 0 heterocycles. The average molecular weight is 223 g/mol. The molecule has 1 N–H and O–H groups in total. The van der Waals surface area contributed by atoms with E-state index in [1.54, 1.807) is 19.1 Å². The number of carboxylic acids is 1. The molecule has 1 aromatic rings. The molecule has 0 spiro atoms. The van der Waals surface area contributed by atoms with Crippen LogP contribution in [0.25, 0.3) is 0 Å². The Bertz CT molecular complexity index is 298. The lowest BCUT2D eigenvalue weighted by Gasteiger charge is -2.00. The molecule has 0 atom stereocenters. The quantitative estimate of drug-likeness (QED) is 0.794. The van der Waals surface area contributed by atoms with E-state index in [-0.39, 0.29) is 24.8 Å². The van der Waals surface area contributed by atoms with Crippen molar-refractivity contribution in [2.45, 2.75) is 13.8 Å². The Hall–Kier alpha value is -0.730. The second-order valence-electron chi connectivity index (χ2n) is 2.62. The van der Waals surface area contributed by atoms with Gasteiger partial charge in [0.1, 0.15) is 0 Å². The van der Waals surface area contributed by atoms with Gasteiger partial charge in [0.25, 0.3) is 0 Å². The van der Waals surface area contributed by atoms with Gasteiger partial charge in [-0.15, -0.1) is 24.8 Å². The summed E-state index contributed by atoms with van der Waals surface area (Å²) in [6.45, 7) is 3.75. The number of benzene rings is 1. The van der Waals surface area contributed by atoms with E-state index in [2.05, 4.69) is 0 Å². The van der Waals surface area contributed by atoms with Crippen molar-refractivity contribution in [2.75, 3.05) is 0 Å². The molecule has 0 aromatic heterocycles. The van der Waals surface area contributed by atoms with E-state index in [1.165, 1.54) is 0 Å². The predicted molar refractivity (Wildman–Crippen MR) is 57.4 cm³/mol. The molecule has 2 nitrogen and oxygen atoms in total. The van der Waals surface area contributed by atoms with Gasteiger partial charge in [-0.1, -0.05) is 17.7 Å². The minimum atomic E-state index is -0.859. The number of aryl methyl sites for hydroxylation is 2. The summed E-state index contributed by atoms with van der Waals surface area (Å²) in [5.74, 6) is -0.859. The van der Waals surface area contributed by atoms with Crippen LogP contribution in [0.2, 0.25) is 0 Å². The summed E-state index contributed by atoms with van der Waals surface area (Å²) < 4.78 is 0. The van der Waals surface area contributed by atoms with Crippen molar-refractivity contribution in [3.05, 3.63) is 34.9 Å². The van der Waals surface area contributed by atoms with E-state index in [4.69, 9.17) is 5.11 Å². The molecule has 0 bridgehead atoms. The van der Waals surface area contributed by atoms with Crippen molar-refractivity contribution in [1.29, 1.82) is 0 Å². The fraction of sp³-hybridized carbons (Fsp3) is 0.222. The minimum absolute atomic E-state index is 0. The second-order valence-corrected chi connectivity index (χ2v) is 2.62. The Morgan fingerprint density at radius 1 is 1.23 bits per heavy atom. The maximum atomic E-state index is 10.5. The first-order valence-electron chi connectivity index (χ1n) is 3.42. The van der Waals surface area contributed by atoms with Crippen molar-refractivity contribution in [3.8, 4) is 0 Å². The van der Waals surface area contributed by atoms with Crippen LogP contribution in [0.5, 0.6) is 0 Å². The highest BCUT2D eigenvalue weighted by Gasteiger charge is 2.04. The van der Waals surface area contributed by atoms with Gasteiger partial charge in [0.15, 0.2) is 0 Å². The third kappa shape index (κ3) is 3.66. The van der Waals surface area contributed by atoms with Gasteiger partial charge in [-0.2, -0.15) is 0 Å². The minimum Gasteiger partial charge on any atom is -0.478 e. The molecule has 4 heteroatoms. The van der Waals surface area contributed by atoms with Crippen LogP contribution in [0.15, 0.2) is 18.2 Å². The van der Waals surface area contributed by atoms with Crippen molar-refractivity contribution in [3.63, 3.8) is 0 Å².